The summed E-state index contributed by atoms with van der Waals surface area (Å²) < 4.78 is 36.5. The number of hydrogen-bond acceptors (Lipinski definition) is 10. The van der Waals surface area contributed by atoms with E-state index < -0.39 is 44.8 Å². The van der Waals surface area contributed by atoms with Crippen molar-refractivity contribution in [1.29, 1.82) is 0 Å². The Morgan fingerprint density at radius 2 is 1.70 bits per heavy atom. The fraction of sp³-hybridized carbons (Fsp3) is 0.296. The number of benzene rings is 2. The lowest BCUT2D eigenvalue weighted by Gasteiger charge is -2.36. The molecule has 1 aromatic heterocycles. The zero-order chi connectivity index (χ0) is 30.5. The van der Waals surface area contributed by atoms with Crippen molar-refractivity contribution < 1.29 is 36.3 Å². The highest BCUT2D eigenvalue weighted by Gasteiger charge is 2.46. The van der Waals surface area contributed by atoms with Gasteiger partial charge in [-0.15, -0.1) is 8.98 Å². The van der Waals surface area contributed by atoms with Gasteiger partial charge in [-0.05, 0) is 36.2 Å². The fourth-order valence-corrected chi connectivity index (χ4v) is 5.95. The number of carbonyl (C=O) groups is 5. The molecule has 2 aromatic carbocycles. The highest BCUT2D eigenvalue weighted by molar-refractivity contribution is 7.86. The largest absolute Gasteiger partial charge is 0.367 e. The molecule has 3 aromatic rings. The monoisotopic (exact) mass is 609 g/mol. The van der Waals surface area contributed by atoms with Crippen LogP contribution in [-0.4, -0.2) is 95.0 Å². The van der Waals surface area contributed by atoms with Gasteiger partial charge in [0.25, 0.3) is 17.7 Å². The van der Waals surface area contributed by atoms with Crippen LogP contribution in [0, 0.1) is 0 Å². The van der Waals surface area contributed by atoms with Gasteiger partial charge in [0, 0.05) is 32.6 Å². The first-order valence-corrected chi connectivity index (χ1v) is 14.7. The van der Waals surface area contributed by atoms with Crippen molar-refractivity contribution in [1.82, 2.24) is 30.1 Å². The topological polar surface area (TPSA) is 172 Å². The van der Waals surface area contributed by atoms with Gasteiger partial charge < -0.3 is 9.80 Å². The van der Waals surface area contributed by atoms with E-state index in [2.05, 4.69) is 15.6 Å². The highest BCUT2D eigenvalue weighted by atomic mass is 32.3. The summed E-state index contributed by atoms with van der Waals surface area (Å²) in [5.74, 6) is -2.66. The minimum Gasteiger partial charge on any atom is -0.367 e. The Balaban J connectivity index is 1.11. The number of carbonyl (C=O) groups excluding carboxylic acids is 5. The number of fused-ring (bicyclic) bond motifs is 1. The number of rotatable bonds is 6. The van der Waals surface area contributed by atoms with Crippen molar-refractivity contribution in [2.75, 3.05) is 31.1 Å². The van der Waals surface area contributed by atoms with Crippen LogP contribution in [0.15, 0.2) is 53.6 Å². The maximum Gasteiger partial charge on any atom is 0.332 e. The van der Waals surface area contributed by atoms with Gasteiger partial charge >= 0.3 is 10.2 Å². The Morgan fingerprint density at radius 1 is 0.977 bits per heavy atom. The molecule has 0 bridgehead atoms. The maximum atomic E-state index is 13.4. The summed E-state index contributed by atoms with van der Waals surface area (Å²) in [6.45, 7) is 1.50. The molecule has 16 heteroatoms. The lowest BCUT2D eigenvalue weighted by Crippen LogP contribution is -2.54. The highest BCUT2D eigenvalue weighted by Crippen LogP contribution is 2.34. The normalized spacial score (nSPS) is 19.1. The molecule has 3 aliphatic heterocycles. The Kier molecular flexibility index (Phi) is 7.00. The molecule has 1 unspecified atom stereocenters. The summed E-state index contributed by atoms with van der Waals surface area (Å²) in [6.07, 6.45) is 1.56. The number of hydrogen-bond donors (Lipinski definition) is 1. The molecule has 1 atom stereocenters. The number of piperidine rings is 1. The van der Waals surface area contributed by atoms with Crippen LogP contribution in [-0.2, 0) is 26.4 Å². The minimum atomic E-state index is -4.80. The predicted molar refractivity (Wildman–Crippen MR) is 145 cm³/mol. The summed E-state index contributed by atoms with van der Waals surface area (Å²) in [5.41, 5.74) is 1.64. The van der Waals surface area contributed by atoms with Crippen LogP contribution in [0.25, 0.3) is 0 Å². The third-order valence-electron chi connectivity index (χ3n) is 7.66. The van der Waals surface area contributed by atoms with E-state index in [1.165, 1.54) is 29.1 Å². The Labute approximate surface area is 244 Å². The molecule has 0 spiro atoms. The number of halogens is 1. The van der Waals surface area contributed by atoms with Crippen molar-refractivity contribution in [2.45, 2.75) is 30.3 Å². The van der Waals surface area contributed by atoms with Gasteiger partial charge in [-0.2, -0.15) is 8.42 Å². The average molecular weight is 610 g/mol. The van der Waals surface area contributed by atoms with E-state index in [9.17, 15) is 36.3 Å². The van der Waals surface area contributed by atoms with E-state index in [4.69, 9.17) is 0 Å². The van der Waals surface area contributed by atoms with Gasteiger partial charge in [0.2, 0.25) is 11.8 Å². The number of piperazine rings is 1. The zero-order valence-corrected chi connectivity index (χ0v) is 23.3. The molecule has 1 N–H and O–H groups in total. The van der Waals surface area contributed by atoms with E-state index in [1.54, 1.807) is 17.0 Å². The molecule has 0 radical (unpaired) electrons. The quantitative estimate of drug-likeness (QED) is 0.304. The lowest BCUT2D eigenvalue weighted by molar-refractivity contribution is -0.136. The summed E-state index contributed by atoms with van der Waals surface area (Å²) in [5, 5.41) is 10.1. The third-order valence-corrected chi connectivity index (χ3v) is 8.50. The predicted octanol–water partition coefficient (Wildman–Crippen LogP) is 0.348. The molecule has 3 aliphatic rings. The Hall–Kier alpha value is -4.99. The summed E-state index contributed by atoms with van der Waals surface area (Å²) in [4.78, 5) is 67.7. The van der Waals surface area contributed by atoms with E-state index in [0.29, 0.717) is 37.4 Å². The average Bonchev–Trinajstić information content (AvgIpc) is 3.55. The number of imide groups is 2. The number of aromatic nitrogens is 3. The van der Waals surface area contributed by atoms with Gasteiger partial charge in [-0.25, -0.2) is 4.68 Å². The number of nitrogens with zero attached hydrogens (tertiary/aromatic N) is 6. The Bertz CT molecular complexity index is 1780. The van der Waals surface area contributed by atoms with E-state index in [0.717, 1.165) is 17.0 Å². The van der Waals surface area contributed by atoms with Gasteiger partial charge in [-0.3, -0.25) is 34.2 Å². The fourth-order valence-electron chi connectivity index (χ4n) is 5.49. The second-order valence-corrected chi connectivity index (χ2v) is 11.7. The maximum absolute atomic E-state index is 13.4. The van der Waals surface area contributed by atoms with Crippen molar-refractivity contribution >= 4 is 45.4 Å². The standard InChI is InChI=1S/C27H24FN7O7S/c28-43(41,42)17-6-4-16(5-7-17)14-34-15-19(30-31-34)26(39)33-12-10-32(11-13-33)20-3-1-2-18-23(20)27(40)35(25(18)38)21-8-9-22(36)29-24(21)37/h1-7,15,21H,8-14H2,(H,29,36,37). The second-order valence-electron chi connectivity index (χ2n) is 10.3. The molecule has 2 fully saturated rings. The van der Waals surface area contributed by atoms with E-state index in [-0.39, 0.29) is 42.1 Å². The summed E-state index contributed by atoms with van der Waals surface area (Å²) in [7, 11) is -4.80. The molecule has 43 heavy (non-hydrogen) atoms. The Morgan fingerprint density at radius 3 is 2.37 bits per heavy atom. The van der Waals surface area contributed by atoms with Crippen LogP contribution >= 0.6 is 0 Å². The van der Waals surface area contributed by atoms with E-state index >= 15 is 0 Å². The van der Waals surface area contributed by atoms with E-state index in [1.807, 2.05) is 4.90 Å². The van der Waals surface area contributed by atoms with Crippen LogP contribution in [0.2, 0.25) is 0 Å². The minimum absolute atomic E-state index is 0.0282. The van der Waals surface area contributed by atoms with Crippen molar-refractivity contribution in [3.8, 4) is 0 Å². The van der Waals surface area contributed by atoms with Crippen LogP contribution in [0.4, 0.5) is 9.57 Å². The van der Waals surface area contributed by atoms with Crippen molar-refractivity contribution in [2.24, 2.45) is 0 Å². The molecule has 222 valence electrons. The van der Waals surface area contributed by atoms with Crippen LogP contribution in [0.5, 0.6) is 0 Å². The van der Waals surface area contributed by atoms with Crippen molar-refractivity contribution in [3.63, 3.8) is 0 Å². The van der Waals surface area contributed by atoms with Gasteiger partial charge in [0.1, 0.15) is 6.04 Å². The number of amides is 5. The molecule has 6 rings (SSSR count). The first-order chi connectivity index (χ1) is 20.5. The number of anilines is 1. The van der Waals surface area contributed by atoms with Gasteiger partial charge in [0.05, 0.1) is 34.5 Å². The number of nitrogens with one attached hydrogen (secondary N) is 1. The van der Waals surface area contributed by atoms with Crippen LogP contribution in [0.1, 0.15) is 49.6 Å². The summed E-state index contributed by atoms with van der Waals surface area (Å²) in [6, 6.07) is 9.02. The first kappa shape index (κ1) is 28.1. The third kappa shape index (κ3) is 5.24. The summed E-state index contributed by atoms with van der Waals surface area (Å²) >= 11 is 0. The SMILES string of the molecule is O=C1CCC(N2C(=O)c3cccc(N4CCN(C(=O)c5cn(Cc6ccc(S(=O)(=O)F)cc6)nn5)CC4)c3C2=O)C(=O)N1. The smallest absolute Gasteiger partial charge is 0.332 e. The molecular weight excluding hydrogens is 585 g/mol. The van der Waals surface area contributed by atoms with Crippen LogP contribution < -0.4 is 10.2 Å². The zero-order valence-electron chi connectivity index (χ0n) is 22.5. The molecule has 2 saturated heterocycles. The molecule has 0 aliphatic carbocycles. The molecule has 5 amide bonds. The molecular formula is C27H24FN7O7S. The van der Waals surface area contributed by atoms with Gasteiger partial charge in [0.15, 0.2) is 5.69 Å². The van der Waals surface area contributed by atoms with Crippen LogP contribution in [0.3, 0.4) is 0 Å². The molecule has 4 heterocycles. The first-order valence-electron chi connectivity index (χ1n) is 13.3. The molecule has 0 saturated carbocycles. The molecule has 14 nitrogen and oxygen atoms in total. The van der Waals surface area contributed by atoms with Crippen molar-refractivity contribution in [3.05, 3.63) is 71.0 Å². The lowest BCUT2D eigenvalue weighted by atomic mass is 10.0. The second kappa shape index (κ2) is 10.7. The van der Waals surface area contributed by atoms with Gasteiger partial charge in [-0.1, -0.05) is 23.4 Å².